The standard InChI is InChI=1S/C20H17BrN2O/c1-23(2)13-18(20(24)14-6-4-3-5-7-14)15-8-9-19-16(10-15)11-17(21)12-22-19/h3-13H,1-2H3/b18-13+. The van der Waals surface area contributed by atoms with Crippen LogP contribution in [0.25, 0.3) is 16.5 Å². The van der Waals surface area contributed by atoms with Gasteiger partial charge >= 0.3 is 0 Å². The Kier molecular flexibility index (Phi) is 4.76. The zero-order chi connectivity index (χ0) is 17.1. The molecule has 0 aliphatic heterocycles. The molecule has 120 valence electrons. The van der Waals surface area contributed by atoms with E-state index in [2.05, 4.69) is 20.9 Å². The third-order valence-corrected chi connectivity index (χ3v) is 4.06. The Balaban J connectivity index is 2.11. The lowest BCUT2D eigenvalue weighted by Gasteiger charge is -2.13. The first-order valence-electron chi connectivity index (χ1n) is 7.58. The first-order valence-corrected chi connectivity index (χ1v) is 8.37. The molecular formula is C20H17BrN2O. The zero-order valence-corrected chi connectivity index (χ0v) is 15.1. The van der Waals surface area contributed by atoms with Crippen LogP contribution in [0.2, 0.25) is 0 Å². The summed E-state index contributed by atoms with van der Waals surface area (Å²) < 4.78 is 0.916. The van der Waals surface area contributed by atoms with Crippen molar-refractivity contribution in [3.05, 3.63) is 82.6 Å². The summed E-state index contributed by atoms with van der Waals surface area (Å²) in [6.45, 7) is 0. The first kappa shape index (κ1) is 16.4. The van der Waals surface area contributed by atoms with E-state index in [0.717, 1.165) is 20.9 Å². The van der Waals surface area contributed by atoms with E-state index < -0.39 is 0 Å². The summed E-state index contributed by atoms with van der Waals surface area (Å²) in [6, 6.07) is 17.2. The molecule has 24 heavy (non-hydrogen) atoms. The Hall–Kier alpha value is -2.46. The molecule has 3 aromatic rings. The van der Waals surface area contributed by atoms with Crippen molar-refractivity contribution in [2.45, 2.75) is 0 Å². The largest absolute Gasteiger partial charge is 0.383 e. The molecule has 0 spiro atoms. The van der Waals surface area contributed by atoms with Crippen molar-refractivity contribution in [2.24, 2.45) is 0 Å². The van der Waals surface area contributed by atoms with E-state index in [1.165, 1.54) is 0 Å². The molecular weight excluding hydrogens is 364 g/mol. The molecule has 0 radical (unpaired) electrons. The third-order valence-electron chi connectivity index (χ3n) is 3.63. The summed E-state index contributed by atoms with van der Waals surface area (Å²) in [5.41, 5.74) is 3.12. The molecule has 1 heterocycles. The number of Topliss-reactive ketones (excluding diaryl/α,β-unsaturated/α-hetero) is 1. The smallest absolute Gasteiger partial charge is 0.195 e. The highest BCUT2D eigenvalue weighted by atomic mass is 79.9. The minimum Gasteiger partial charge on any atom is -0.383 e. The molecule has 0 atom stereocenters. The van der Waals surface area contributed by atoms with Gasteiger partial charge in [0.1, 0.15) is 0 Å². The van der Waals surface area contributed by atoms with E-state index in [-0.39, 0.29) is 5.78 Å². The number of carbonyl (C=O) groups is 1. The van der Waals surface area contributed by atoms with Crippen LogP contribution in [0.1, 0.15) is 15.9 Å². The normalized spacial score (nSPS) is 11.5. The van der Waals surface area contributed by atoms with E-state index in [4.69, 9.17) is 0 Å². The number of ketones is 1. The molecule has 3 rings (SSSR count). The number of allylic oxidation sites excluding steroid dienone is 1. The Morgan fingerprint density at radius 1 is 1.04 bits per heavy atom. The predicted molar refractivity (Wildman–Crippen MR) is 102 cm³/mol. The van der Waals surface area contributed by atoms with Crippen molar-refractivity contribution in [1.29, 1.82) is 0 Å². The molecule has 0 saturated heterocycles. The molecule has 0 N–H and O–H groups in total. The van der Waals surface area contributed by atoms with Gasteiger partial charge in [-0.3, -0.25) is 9.78 Å². The average molecular weight is 381 g/mol. The number of hydrogen-bond acceptors (Lipinski definition) is 3. The van der Waals surface area contributed by atoms with Gasteiger partial charge in [-0.25, -0.2) is 0 Å². The summed E-state index contributed by atoms with van der Waals surface area (Å²) in [7, 11) is 3.83. The van der Waals surface area contributed by atoms with Crippen LogP contribution in [0.3, 0.4) is 0 Å². The molecule has 0 aliphatic carbocycles. The highest BCUT2D eigenvalue weighted by molar-refractivity contribution is 9.10. The number of hydrogen-bond donors (Lipinski definition) is 0. The number of benzene rings is 2. The van der Waals surface area contributed by atoms with E-state index in [1.807, 2.05) is 79.8 Å². The van der Waals surface area contributed by atoms with Gasteiger partial charge in [0.25, 0.3) is 0 Å². The summed E-state index contributed by atoms with van der Waals surface area (Å²) >= 11 is 3.45. The Bertz CT molecular complexity index is 917. The molecule has 0 fully saturated rings. The molecule has 0 aliphatic rings. The summed E-state index contributed by atoms with van der Waals surface area (Å²) in [5, 5.41) is 0.993. The van der Waals surface area contributed by atoms with Crippen LogP contribution in [-0.2, 0) is 0 Å². The minimum absolute atomic E-state index is 0.00612. The van der Waals surface area contributed by atoms with Gasteiger partial charge in [0, 0.05) is 47.5 Å². The van der Waals surface area contributed by atoms with E-state index in [1.54, 1.807) is 6.20 Å². The summed E-state index contributed by atoms with van der Waals surface area (Å²) in [4.78, 5) is 19.2. The first-order chi connectivity index (χ1) is 11.5. The maximum atomic E-state index is 13.0. The molecule has 2 aromatic carbocycles. The van der Waals surface area contributed by atoms with Gasteiger partial charge in [0.05, 0.1) is 5.52 Å². The predicted octanol–water partition coefficient (Wildman–Crippen LogP) is 4.78. The van der Waals surface area contributed by atoms with Crippen molar-refractivity contribution in [3.63, 3.8) is 0 Å². The fourth-order valence-electron chi connectivity index (χ4n) is 2.54. The molecule has 0 amide bonds. The lowest BCUT2D eigenvalue weighted by Crippen LogP contribution is -2.09. The van der Waals surface area contributed by atoms with Crippen LogP contribution >= 0.6 is 15.9 Å². The summed E-state index contributed by atoms with van der Waals surface area (Å²) in [5.74, 6) is 0.00612. The van der Waals surface area contributed by atoms with Crippen molar-refractivity contribution in [3.8, 4) is 0 Å². The molecule has 3 nitrogen and oxygen atoms in total. The number of aromatic nitrogens is 1. The molecule has 0 saturated carbocycles. The molecule has 0 bridgehead atoms. The third kappa shape index (κ3) is 3.54. The molecule has 4 heteroatoms. The van der Waals surface area contributed by atoms with Gasteiger partial charge < -0.3 is 4.90 Å². The van der Waals surface area contributed by atoms with Gasteiger partial charge in [0.15, 0.2) is 5.78 Å². The summed E-state index contributed by atoms with van der Waals surface area (Å²) in [6.07, 6.45) is 3.63. The number of carbonyl (C=O) groups excluding carboxylic acids is 1. The minimum atomic E-state index is 0.00612. The Morgan fingerprint density at radius 3 is 2.50 bits per heavy atom. The highest BCUT2D eigenvalue weighted by Crippen LogP contribution is 2.25. The Morgan fingerprint density at radius 2 is 1.79 bits per heavy atom. The second-order valence-corrected chi connectivity index (χ2v) is 6.68. The quantitative estimate of drug-likeness (QED) is 0.482. The maximum Gasteiger partial charge on any atom is 0.195 e. The fraction of sp³-hybridized carbons (Fsp3) is 0.100. The second-order valence-electron chi connectivity index (χ2n) is 5.76. The van der Waals surface area contributed by atoms with Crippen LogP contribution in [0, 0.1) is 0 Å². The van der Waals surface area contributed by atoms with Crippen LogP contribution in [-0.4, -0.2) is 29.8 Å². The van der Waals surface area contributed by atoms with Crippen molar-refractivity contribution in [1.82, 2.24) is 9.88 Å². The molecule has 0 unspecified atom stereocenters. The number of rotatable bonds is 4. The van der Waals surface area contributed by atoms with Crippen molar-refractivity contribution >= 4 is 38.2 Å². The highest BCUT2D eigenvalue weighted by Gasteiger charge is 2.15. The van der Waals surface area contributed by atoms with Crippen LogP contribution in [0.15, 0.2) is 71.5 Å². The Labute approximate surface area is 149 Å². The molecule has 1 aromatic heterocycles. The topological polar surface area (TPSA) is 33.2 Å². The van der Waals surface area contributed by atoms with Gasteiger partial charge in [0.2, 0.25) is 0 Å². The lowest BCUT2D eigenvalue weighted by atomic mass is 9.96. The maximum absolute atomic E-state index is 13.0. The van der Waals surface area contributed by atoms with Crippen LogP contribution in [0.4, 0.5) is 0 Å². The van der Waals surface area contributed by atoms with Gasteiger partial charge in [-0.15, -0.1) is 0 Å². The van der Waals surface area contributed by atoms with E-state index >= 15 is 0 Å². The number of fused-ring (bicyclic) bond motifs is 1. The second kappa shape index (κ2) is 6.97. The monoisotopic (exact) mass is 380 g/mol. The lowest BCUT2D eigenvalue weighted by molar-refractivity contribution is 0.105. The van der Waals surface area contributed by atoms with E-state index in [0.29, 0.717) is 11.1 Å². The zero-order valence-electron chi connectivity index (χ0n) is 13.5. The SMILES string of the molecule is CN(C)/C=C(/C(=O)c1ccccc1)c1ccc2ncc(Br)cc2c1. The number of nitrogens with zero attached hydrogens (tertiary/aromatic N) is 2. The number of halogens is 1. The van der Waals surface area contributed by atoms with Gasteiger partial charge in [-0.05, 0) is 39.7 Å². The fourth-order valence-corrected chi connectivity index (χ4v) is 2.89. The van der Waals surface area contributed by atoms with E-state index in [9.17, 15) is 4.79 Å². The van der Waals surface area contributed by atoms with Crippen LogP contribution < -0.4 is 0 Å². The van der Waals surface area contributed by atoms with Gasteiger partial charge in [-0.2, -0.15) is 0 Å². The average Bonchev–Trinajstić information content (AvgIpc) is 2.59. The van der Waals surface area contributed by atoms with Crippen molar-refractivity contribution < 1.29 is 4.79 Å². The van der Waals surface area contributed by atoms with Crippen LogP contribution in [0.5, 0.6) is 0 Å². The number of pyridine rings is 1. The van der Waals surface area contributed by atoms with Crippen molar-refractivity contribution in [2.75, 3.05) is 14.1 Å². The van der Waals surface area contributed by atoms with Gasteiger partial charge in [-0.1, -0.05) is 36.4 Å².